The highest BCUT2D eigenvalue weighted by atomic mass is 19.1. The molecule has 3 aromatic heterocycles. The molecule has 1 unspecified atom stereocenters. The van der Waals surface area contributed by atoms with E-state index >= 15 is 0 Å². The highest BCUT2D eigenvalue weighted by molar-refractivity contribution is 5.72. The number of halogens is 1. The second kappa shape index (κ2) is 9.07. The van der Waals surface area contributed by atoms with Crippen molar-refractivity contribution in [2.45, 2.75) is 40.2 Å². The molecule has 10 heteroatoms. The van der Waals surface area contributed by atoms with Crippen LogP contribution in [0.25, 0.3) is 0 Å². The Bertz CT molecular complexity index is 1090. The SMILES string of the molecule is CCc1cc(Nc2ncc(N3CCNC(C)C3)c(Nc3cc(C)n(C)n3)n2)nc(C)c1F. The normalized spacial score (nSPS) is 16.3. The molecule has 1 aliphatic heterocycles. The molecule has 1 saturated heterocycles. The average Bonchev–Trinajstić information content (AvgIpc) is 3.07. The first-order valence-corrected chi connectivity index (χ1v) is 10.9. The van der Waals surface area contributed by atoms with E-state index < -0.39 is 0 Å². The Kier molecular flexibility index (Phi) is 6.22. The minimum absolute atomic E-state index is 0.268. The lowest BCUT2D eigenvalue weighted by Gasteiger charge is -2.34. The lowest BCUT2D eigenvalue weighted by molar-refractivity contribution is 0.484. The molecule has 1 atom stereocenters. The zero-order valence-corrected chi connectivity index (χ0v) is 19.2. The number of hydrogen-bond donors (Lipinski definition) is 3. The Morgan fingerprint density at radius 1 is 1.19 bits per heavy atom. The molecule has 0 spiro atoms. The second-order valence-electron chi connectivity index (χ2n) is 8.19. The van der Waals surface area contributed by atoms with Gasteiger partial charge in [0.1, 0.15) is 11.6 Å². The van der Waals surface area contributed by atoms with Crippen molar-refractivity contribution in [3.8, 4) is 0 Å². The number of rotatable bonds is 6. The van der Waals surface area contributed by atoms with Gasteiger partial charge in [-0.15, -0.1) is 0 Å². The fourth-order valence-corrected chi connectivity index (χ4v) is 3.81. The van der Waals surface area contributed by atoms with E-state index in [1.807, 2.05) is 37.8 Å². The van der Waals surface area contributed by atoms with Crippen molar-refractivity contribution in [3.05, 3.63) is 41.1 Å². The van der Waals surface area contributed by atoms with Gasteiger partial charge in [-0.05, 0) is 38.8 Å². The molecule has 0 radical (unpaired) electrons. The molecule has 0 saturated carbocycles. The number of piperazine rings is 1. The van der Waals surface area contributed by atoms with Gasteiger partial charge in [-0.2, -0.15) is 10.1 Å². The number of pyridine rings is 1. The van der Waals surface area contributed by atoms with Crippen molar-refractivity contribution >= 4 is 29.1 Å². The van der Waals surface area contributed by atoms with E-state index in [1.54, 1.807) is 13.0 Å². The van der Waals surface area contributed by atoms with Crippen LogP contribution in [0.4, 0.5) is 33.5 Å². The summed E-state index contributed by atoms with van der Waals surface area (Å²) < 4.78 is 16.0. The van der Waals surface area contributed by atoms with Gasteiger partial charge in [-0.25, -0.2) is 14.4 Å². The highest BCUT2D eigenvalue weighted by Gasteiger charge is 2.21. The molecule has 0 aliphatic carbocycles. The van der Waals surface area contributed by atoms with Crippen molar-refractivity contribution in [3.63, 3.8) is 0 Å². The van der Waals surface area contributed by atoms with Crippen molar-refractivity contribution in [2.24, 2.45) is 7.05 Å². The molecule has 9 nitrogen and oxygen atoms in total. The monoisotopic (exact) mass is 439 g/mol. The van der Waals surface area contributed by atoms with Crippen LogP contribution in [0.5, 0.6) is 0 Å². The lowest BCUT2D eigenvalue weighted by atomic mass is 10.1. The first-order chi connectivity index (χ1) is 15.3. The fourth-order valence-electron chi connectivity index (χ4n) is 3.81. The Morgan fingerprint density at radius 2 is 2.00 bits per heavy atom. The van der Waals surface area contributed by atoms with E-state index in [4.69, 9.17) is 4.98 Å². The third-order valence-corrected chi connectivity index (χ3v) is 5.66. The predicted molar refractivity (Wildman–Crippen MR) is 125 cm³/mol. The van der Waals surface area contributed by atoms with Gasteiger partial charge in [-0.3, -0.25) is 4.68 Å². The Labute approximate surface area is 187 Å². The van der Waals surface area contributed by atoms with Crippen molar-refractivity contribution in [1.82, 2.24) is 30.0 Å². The van der Waals surface area contributed by atoms with Crippen LogP contribution in [-0.4, -0.2) is 50.4 Å². The van der Waals surface area contributed by atoms with E-state index in [1.165, 1.54) is 0 Å². The van der Waals surface area contributed by atoms with Crippen LogP contribution >= 0.6 is 0 Å². The highest BCUT2D eigenvalue weighted by Crippen LogP contribution is 2.29. The maximum Gasteiger partial charge on any atom is 0.230 e. The largest absolute Gasteiger partial charge is 0.364 e. The topological polar surface area (TPSA) is 95.8 Å². The summed E-state index contributed by atoms with van der Waals surface area (Å²) in [6.07, 6.45) is 2.39. The molecule has 0 aromatic carbocycles. The van der Waals surface area contributed by atoms with Gasteiger partial charge in [-0.1, -0.05) is 6.92 Å². The molecule has 1 aliphatic rings. The van der Waals surface area contributed by atoms with Gasteiger partial charge >= 0.3 is 0 Å². The molecular formula is C22H30FN9. The molecule has 0 bridgehead atoms. The molecule has 3 N–H and O–H groups in total. The summed E-state index contributed by atoms with van der Waals surface area (Å²) in [6.45, 7) is 10.3. The Hall–Kier alpha value is -3.27. The summed E-state index contributed by atoms with van der Waals surface area (Å²) in [7, 11) is 1.90. The molecule has 3 aromatic rings. The van der Waals surface area contributed by atoms with Crippen LogP contribution in [0.1, 0.15) is 30.8 Å². The van der Waals surface area contributed by atoms with E-state index in [-0.39, 0.29) is 5.82 Å². The molecular weight excluding hydrogens is 409 g/mol. The van der Waals surface area contributed by atoms with Gasteiger partial charge in [0.25, 0.3) is 0 Å². The predicted octanol–water partition coefficient (Wildman–Crippen LogP) is 3.21. The maximum atomic E-state index is 14.2. The molecule has 170 valence electrons. The Morgan fingerprint density at radius 3 is 2.69 bits per heavy atom. The fraction of sp³-hybridized carbons (Fsp3) is 0.455. The second-order valence-corrected chi connectivity index (χ2v) is 8.19. The van der Waals surface area contributed by atoms with E-state index in [9.17, 15) is 4.39 Å². The first kappa shape index (κ1) is 21.9. The Balaban J connectivity index is 1.67. The standard InChI is InChI=1S/C22H30FN9/c1-6-16-10-18(26-15(4)20(16)23)28-22-25-11-17(32-8-7-24-13(2)12-32)21(29-22)27-19-9-14(3)31(5)30-19/h9-11,13,24H,6-8,12H2,1-5H3,(H2,25,26,27,28,29,30). The quantitative estimate of drug-likeness (QED) is 0.539. The summed E-state index contributed by atoms with van der Waals surface area (Å²) in [5.41, 5.74) is 2.90. The minimum atomic E-state index is -0.268. The van der Waals surface area contributed by atoms with Gasteiger partial charge in [0.2, 0.25) is 5.95 Å². The van der Waals surface area contributed by atoms with Crippen LogP contribution in [-0.2, 0) is 13.5 Å². The molecule has 4 heterocycles. The molecule has 0 amide bonds. The third-order valence-electron chi connectivity index (χ3n) is 5.66. The molecule has 1 fully saturated rings. The smallest absolute Gasteiger partial charge is 0.230 e. The number of nitrogens with one attached hydrogen (secondary N) is 3. The van der Waals surface area contributed by atoms with Crippen LogP contribution in [0, 0.1) is 19.7 Å². The van der Waals surface area contributed by atoms with Gasteiger partial charge in [0.05, 0.1) is 17.6 Å². The van der Waals surface area contributed by atoms with Crippen LogP contribution in [0.15, 0.2) is 18.3 Å². The maximum absolute atomic E-state index is 14.2. The van der Waals surface area contributed by atoms with Gasteiger partial charge in [0, 0.05) is 44.5 Å². The van der Waals surface area contributed by atoms with E-state index in [0.717, 1.165) is 31.0 Å². The number of nitrogens with zero attached hydrogens (tertiary/aromatic N) is 6. The summed E-state index contributed by atoms with van der Waals surface area (Å²) >= 11 is 0. The van der Waals surface area contributed by atoms with Gasteiger partial charge < -0.3 is 20.9 Å². The number of hydrogen-bond acceptors (Lipinski definition) is 8. The zero-order chi connectivity index (χ0) is 22.8. The minimum Gasteiger partial charge on any atom is -0.364 e. The van der Waals surface area contributed by atoms with Crippen molar-refractivity contribution in [1.29, 1.82) is 0 Å². The van der Waals surface area contributed by atoms with E-state index in [2.05, 4.69) is 42.8 Å². The summed E-state index contributed by atoms with van der Waals surface area (Å²) in [4.78, 5) is 15.8. The van der Waals surface area contributed by atoms with Crippen LogP contribution in [0.3, 0.4) is 0 Å². The van der Waals surface area contributed by atoms with Crippen LogP contribution < -0.4 is 20.9 Å². The summed E-state index contributed by atoms with van der Waals surface area (Å²) in [5.74, 6) is 2.00. The number of anilines is 5. The van der Waals surface area contributed by atoms with Crippen molar-refractivity contribution < 1.29 is 4.39 Å². The van der Waals surface area contributed by atoms with Crippen molar-refractivity contribution in [2.75, 3.05) is 35.2 Å². The third kappa shape index (κ3) is 4.64. The summed E-state index contributed by atoms with van der Waals surface area (Å²) in [6, 6.07) is 4.04. The summed E-state index contributed by atoms with van der Waals surface area (Å²) in [5, 5.41) is 14.4. The average molecular weight is 440 g/mol. The number of aryl methyl sites for hydroxylation is 4. The first-order valence-electron chi connectivity index (χ1n) is 10.9. The van der Waals surface area contributed by atoms with Crippen LogP contribution in [0.2, 0.25) is 0 Å². The molecule has 32 heavy (non-hydrogen) atoms. The van der Waals surface area contributed by atoms with Gasteiger partial charge in [0.15, 0.2) is 11.6 Å². The van der Waals surface area contributed by atoms with E-state index in [0.29, 0.717) is 47.1 Å². The lowest BCUT2D eigenvalue weighted by Crippen LogP contribution is -2.49. The molecule has 4 rings (SSSR count). The number of aromatic nitrogens is 5. The zero-order valence-electron chi connectivity index (χ0n) is 19.2.